The summed E-state index contributed by atoms with van der Waals surface area (Å²) in [5, 5.41) is 3.79. The number of hydrogen-bond acceptors (Lipinski definition) is 1. The Morgan fingerprint density at radius 3 is 1.95 bits per heavy atom. The molecule has 1 aliphatic rings. The van der Waals surface area contributed by atoms with E-state index >= 15 is 0 Å². The predicted octanol–water partition coefficient (Wildman–Crippen LogP) is 4.94. The maximum atomic E-state index is 3.79. The minimum absolute atomic E-state index is 0.464. The van der Waals surface area contributed by atoms with Gasteiger partial charge in [-0.15, -0.1) is 0 Å². The van der Waals surface area contributed by atoms with Crippen LogP contribution in [0.4, 0.5) is 0 Å². The van der Waals surface area contributed by atoms with Crippen LogP contribution in [0.1, 0.15) is 65.0 Å². The molecule has 0 spiro atoms. The van der Waals surface area contributed by atoms with Gasteiger partial charge in [-0.25, -0.2) is 0 Å². The normalized spacial score (nSPS) is 21.9. The van der Waals surface area contributed by atoms with Gasteiger partial charge in [-0.3, -0.25) is 0 Å². The van der Waals surface area contributed by atoms with E-state index in [-0.39, 0.29) is 0 Å². The topological polar surface area (TPSA) is 12.0 Å². The molecule has 1 saturated carbocycles. The average Bonchev–Trinajstić information content (AvgIpc) is 2.33. The van der Waals surface area contributed by atoms with Crippen molar-refractivity contribution in [2.24, 2.45) is 10.8 Å². The molecule has 0 radical (unpaired) electrons. The zero-order valence-electron chi connectivity index (χ0n) is 13.9. The molecule has 0 saturated heterocycles. The molecule has 20 heavy (non-hydrogen) atoms. The van der Waals surface area contributed by atoms with Crippen molar-refractivity contribution in [1.29, 1.82) is 0 Å². The number of aryl methyl sites for hydroxylation is 1. The van der Waals surface area contributed by atoms with Gasteiger partial charge in [0.05, 0.1) is 0 Å². The number of benzene rings is 1. The molecule has 0 amide bonds. The fourth-order valence-electron chi connectivity index (χ4n) is 4.15. The van der Waals surface area contributed by atoms with Crippen molar-refractivity contribution in [3.05, 3.63) is 35.4 Å². The predicted molar refractivity (Wildman–Crippen MR) is 87.9 cm³/mol. The fraction of sp³-hybridized carbons (Fsp3) is 0.684. The quantitative estimate of drug-likeness (QED) is 0.819. The molecule has 1 aliphatic carbocycles. The van der Waals surface area contributed by atoms with Crippen LogP contribution in [0.25, 0.3) is 0 Å². The lowest BCUT2D eigenvalue weighted by atomic mass is 9.63. The van der Waals surface area contributed by atoms with Crippen molar-refractivity contribution >= 4 is 0 Å². The standard InChI is InChI=1S/C19H31N/c1-6-15-7-9-16(10-8-15)13-20-17-11-18(2,3)14-19(4,5)12-17/h7-10,17,20H,6,11-14H2,1-5H3. The summed E-state index contributed by atoms with van der Waals surface area (Å²) in [7, 11) is 0. The fourth-order valence-corrected chi connectivity index (χ4v) is 4.15. The lowest BCUT2D eigenvalue weighted by Gasteiger charge is -2.45. The second-order valence-corrected chi connectivity index (χ2v) is 8.16. The Hall–Kier alpha value is -0.820. The first-order valence-corrected chi connectivity index (χ1v) is 8.11. The molecule has 0 bridgehead atoms. The van der Waals surface area contributed by atoms with Crippen LogP contribution in [0.2, 0.25) is 0 Å². The third kappa shape index (κ3) is 4.34. The zero-order chi connectivity index (χ0) is 14.8. The summed E-state index contributed by atoms with van der Waals surface area (Å²) >= 11 is 0. The summed E-state index contributed by atoms with van der Waals surface area (Å²) in [5.74, 6) is 0. The van der Waals surface area contributed by atoms with E-state index in [9.17, 15) is 0 Å². The Balaban J connectivity index is 1.92. The molecule has 0 aliphatic heterocycles. The highest BCUT2D eigenvalue weighted by molar-refractivity contribution is 5.22. The Labute approximate surface area is 125 Å². The first-order chi connectivity index (χ1) is 9.30. The third-order valence-electron chi connectivity index (χ3n) is 4.58. The van der Waals surface area contributed by atoms with Gasteiger partial charge in [0, 0.05) is 12.6 Å². The van der Waals surface area contributed by atoms with Gasteiger partial charge in [-0.1, -0.05) is 58.9 Å². The van der Waals surface area contributed by atoms with Crippen molar-refractivity contribution in [2.45, 2.75) is 72.9 Å². The molecule has 1 N–H and O–H groups in total. The van der Waals surface area contributed by atoms with E-state index in [2.05, 4.69) is 64.2 Å². The van der Waals surface area contributed by atoms with Crippen LogP contribution in [0, 0.1) is 10.8 Å². The molecule has 0 unspecified atom stereocenters. The van der Waals surface area contributed by atoms with E-state index in [1.807, 2.05) is 0 Å². The molecular formula is C19H31N. The van der Waals surface area contributed by atoms with Gasteiger partial charge in [0.2, 0.25) is 0 Å². The van der Waals surface area contributed by atoms with Crippen molar-refractivity contribution in [3.8, 4) is 0 Å². The van der Waals surface area contributed by atoms with Gasteiger partial charge < -0.3 is 5.32 Å². The average molecular weight is 273 g/mol. The second kappa shape index (κ2) is 5.89. The summed E-state index contributed by atoms with van der Waals surface area (Å²) in [6, 6.07) is 9.70. The lowest BCUT2D eigenvalue weighted by molar-refractivity contribution is 0.0845. The van der Waals surface area contributed by atoms with E-state index in [0.717, 1.165) is 13.0 Å². The SMILES string of the molecule is CCc1ccc(CNC2CC(C)(C)CC(C)(C)C2)cc1. The molecule has 1 fully saturated rings. The van der Waals surface area contributed by atoms with E-state index in [4.69, 9.17) is 0 Å². The highest BCUT2D eigenvalue weighted by Gasteiger charge is 2.37. The molecule has 0 aromatic heterocycles. The third-order valence-corrected chi connectivity index (χ3v) is 4.58. The highest BCUT2D eigenvalue weighted by Crippen LogP contribution is 2.45. The van der Waals surface area contributed by atoms with E-state index in [1.165, 1.54) is 30.4 Å². The van der Waals surface area contributed by atoms with Gasteiger partial charge in [0.15, 0.2) is 0 Å². The molecule has 0 heterocycles. The monoisotopic (exact) mass is 273 g/mol. The van der Waals surface area contributed by atoms with E-state index < -0.39 is 0 Å². The van der Waals surface area contributed by atoms with E-state index in [1.54, 1.807) is 0 Å². The van der Waals surface area contributed by atoms with Crippen LogP contribution in [-0.2, 0) is 13.0 Å². The maximum Gasteiger partial charge on any atom is 0.0208 e. The van der Waals surface area contributed by atoms with Crippen molar-refractivity contribution < 1.29 is 0 Å². The first kappa shape index (κ1) is 15.6. The Morgan fingerprint density at radius 2 is 1.45 bits per heavy atom. The van der Waals surface area contributed by atoms with Crippen LogP contribution in [0.5, 0.6) is 0 Å². The van der Waals surface area contributed by atoms with Gasteiger partial charge in [0.1, 0.15) is 0 Å². The van der Waals surface area contributed by atoms with Gasteiger partial charge >= 0.3 is 0 Å². The summed E-state index contributed by atoms with van der Waals surface area (Å²) in [6.45, 7) is 12.9. The minimum atomic E-state index is 0.464. The second-order valence-electron chi connectivity index (χ2n) is 8.16. The highest BCUT2D eigenvalue weighted by atomic mass is 14.9. The van der Waals surface area contributed by atoms with Crippen LogP contribution in [0.3, 0.4) is 0 Å². The zero-order valence-corrected chi connectivity index (χ0v) is 13.9. The van der Waals surface area contributed by atoms with Crippen molar-refractivity contribution in [1.82, 2.24) is 5.32 Å². The lowest BCUT2D eigenvalue weighted by Crippen LogP contribution is -2.43. The minimum Gasteiger partial charge on any atom is -0.310 e. The molecule has 1 aromatic carbocycles. The van der Waals surface area contributed by atoms with Gasteiger partial charge in [-0.2, -0.15) is 0 Å². The van der Waals surface area contributed by atoms with Gasteiger partial charge in [0.25, 0.3) is 0 Å². The molecule has 1 aromatic rings. The van der Waals surface area contributed by atoms with E-state index in [0.29, 0.717) is 16.9 Å². The van der Waals surface area contributed by atoms with Crippen molar-refractivity contribution in [2.75, 3.05) is 0 Å². The molecule has 1 heteroatoms. The summed E-state index contributed by atoms with van der Waals surface area (Å²) in [6.07, 6.45) is 5.05. The van der Waals surface area contributed by atoms with Crippen LogP contribution in [-0.4, -0.2) is 6.04 Å². The first-order valence-electron chi connectivity index (χ1n) is 8.11. The van der Waals surface area contributed by atoms with Crippen molar-refractivity contribution in [3.63, 3.8) is 0 Å². The molecule has 0 atom stereocenters. The summed E-state index contributed by atoms with van der Waals surface area (Å²) in [4.78, 5) is 0. The number of rotatable bonds is 4. The molecule has 112 valence electrons. The Morgan fingerprint density at radius 1 is 0.950 bits per heavy atom. The largest absolute Gasteiger partial charge is 0.310 e. The summed E-state index contributed by atoms with van der Waals surface area (Å²) < 4.78 is 0. The van der Waals surface area contributed by atoms with Crippen LogP contribution < -0.4 is 5.32 Å². The van der Waals surface area contributed by atoms with Crippen LogP contribution in [0.15, 0.2) is 24.3 Å². The maximum absolute atomic E-state index is 3.79. The molecule has 2 rings (SSSR count). The molecule has 1 nitrogen and oxygen atoms in total. The molecular weight excluding hydrogens is 242 g/mol. The van der Waals surface area contributed by atoms with Crippen LogP contribution >= 0.6 is 0 Å². The number of nitrogens with one attached hydrogen (secondary N) is 1. The smallest absolute Gasteiger partial charge is 0.0208 e. The summed E-state index contributed by atoms with van der Waals surface area (Å²) in [5.41, 5.74) is 3.76. The number of hydrogen-bond donors (Lipinski definition) is 1. The van der Waals surface area contributed by atoms with Gasteiger partial charge in [-0.05, 0) is 47.6 Å². The Bertz CT molecular complexity index is 412. The Kier molecular flexibility index (Phi) is 4.59.